The van der Waals surface area contributed by atoms with Gasteiger partial charge in [-0.1, -0.05) is 6.07 Å². The van der Waals surface area contributed by atoms with Crippen LogP contribution in [0.3, 0.4) is 0 Å². The predicted octanol–water partition coefficient (Wildman–Crippen LogP) is 3.05. The monoisotopic (exact) mass is 395 g/mol. The Morgan fingerprint density at radius 2 is 2.00 bits per heavy atom. The second-order valence-electron chi connectivity index (χ2n) is 6.81. The molecule has 0 saturated carbocycles. The van der Waals surface area contributed by atoms with Crippen molar-refractivity contribution in [2.24, 2.45) is 0 Å². The third kappa shape index (κ3) is 3.82. The van der Waals surface area contributed by atoms with E-state index < -0.39 is 0 Å². The summed E-state index contributed by atoms with van der Waals surface area (Å²) in [5.41, 5.74) is 1.66. The Morgan fingerprint density at radius 1 is 1.18 bits per heavy atom. The second kappa shape index (κ2) is 7.93. The van der Waals surface area contributed by atoms with Crippen molar-refractivity contribution in [2.45, 2.75) is 25.8 Å². The Hall–Kier alpha value is -3.00. The van der Waals surface area contributed by atoms with Crippen molar-refractivity contribution >= 4 is 28.8 Å². The van der Waals surface area contributed by atoms with E-state index in [0.29, 0.717) is 10.6 Å². The molecule has 0 bridgehead atoms. The molecule has 0 fully saturated rings. The summed E-state index contributed by atoms with van der Waals surface area (Å²) >= 11 is 1.36. The van der Waals surface area contributed by atoms with Crippen molar-refractivity contribution < 1.29 is 9.59 Å². The van der Waals surface area contributed by atoms with Crippen LogP contribution in [0.2, 0.25) is 0 Å². The molecule has 1 aliphatic heterocycles. The van der Waals surface area contributed by atoms with Gasteiger partial charge in [0.2, 0.25) is 5.91 Å². The first kappa shape index (κ1) is 18.4. The highest BCUT2D eigenvalue weighted by atomic mass is 32.1. The minimum atomic E-state index is -0.236. The van der Waals surface area contributed by atoms with Crippen LogP contribution in [-0.2, 0) is 17.8 Å². The molecule has 144 valence electrons. The highest BCUT2D eigenvalue weighted by Crippen LogP contribution is 2.24. The van der Waals surface area contributed by atoms with Gasteiger partial charge < -0.3 is 14.8 Å². The van der Waals surface area contributed by atoms with Gasteiger partial charge in [0.1, 0.15) is 5.82 Å². The maximum absolute atomic E-state index is 12.3. The van der Waals surface area contributed by atoms with Crippen molar-refractivity contribution in [3.8, 4) is 11.4 Å². The molecule has 7 nitrogen and oxygen atoms in total. The number of amides is 2. The smallest absolute Gasteiger partial charge is 0.264 e. The number of aromatic nitrogens is 3. The molecular formula is C20H21N5O2S. The van der Waals surface area contributed by atoms with E-state index in [1.165, 1.54) is 16.2 Å². The molecule has 1 aliphatic rings. The molecule has 3 heterocycles. The minimum absolute atomic E-state index is 0.00380. The van der Waals surface area contributed by atoms with E-state index in [1.807, 2.05) is 35.7 Å². The van der Waals surface area contributed by atoms with Crippen molar-refractivity contribution in [3.63, 3.8) is 0 Å². The van der Waals surface area contributed by atoms with Crippen molar-refractivity contribution in [2.75, 3.05) is 18.9 Å². The lowest BCUT2D eigenvalue weighted by Crippen LogP contribution is -2.34. The van der Waals surface area contributed by atoms with Crippen LogP contribution in [0.4, 0.5) is 5.69 Å². The lowest BCUT2D eigenvalue weighted by Gasteiger charge is -2.16. The highest BCUT2D eigenvalue weighted by Gasteiger charge is 2.18. The van der Waals surface area contributed by atoms with Gasteiger partial charge in [-0.05, 0) is 48.6 Å². The van der Waals surface area contributed by atoms with Gasteiger partial charge in [0, 0.05) is 31.3 Å². The number of fused-ring (bicyclic) bond motifs is 1. The summed E-state index contributed by atoms with van der Waals surface area (Å²) in [6.45, 7) is 0.941. The molecule has 8 heteroatoms. The zero-order chi connectivity index (χ0) is 19.5. The number of anilines is 1. The molecule has 1 N–H and O–H groups in total. The van der Waals surface area contributed by atoms with Gasteiger partial charge in [-0.3, -0.25) is 9.59 Å². The van der Waals surface area contributed by atoms with E-state index in [-0.39, 0.29) is 18.4 Å². The average molecular weight is 395 g/mol. The maximum Gasteiger partial charge on any atom is 0.264 e. The van der Waals surface area contributed by atoms with Crippen LogP contribution >= 0.6 is 11.3 Å². The van der Waals surface area contributed by atoms with Crippen molar-refractivity contribution in [3.05, 3.63) is 52.5 Å². The summed E-state index contributed by atoms with van der Waals surface area (Å²) in [6, 6.07) is 11.1. The Kier molecular flexibility index (Phi) is 5.21. The summed E-state index contributed by atoms with van der Waals surface area (Å²) in [4.78, 5) is 26.5. The summed E-state index contributed by atoms with van der Waals surface area (Å²) in [5.74, 6) is 1.52. The summed E-state index contributed by atoms with van der Waals surface area (Å²) in [5, 5.41) is 13.3. The molecule has 3 aromatic rings. The molecule has 0 radical (unpaired) electrons. The molecule has 0 aliphatic carbocycles. The van der Waals surface area contributed by atoms with Gasteiger partial charge in [0.05, 0.1) is 11.4 Å². The van der Waals surface area contributed by atoms with Gasteiger partial charge in [-0.15, -0.1) is 21.5 Å². The average Bonchev–Trinajstić information content (AvgIpc) is 3.38. The normalized spacial score (nSPS) is 13.0. The van der Waals surface area contributed by atoms with E-state index in [1.54, 1.807) is 13.1 Å². The SMILES string of the molecule is CN(CC(=O)Nc1ccc(-c2nnc3n2CCCC3)cc1)C(=O)c1cccs1. The molecule has 1 aromatic carbocycles. The van der Waals surface area contributed by atoms with E-state index in [9.17, 15) is 9.59 Å². The summed E-state index contributed by atoms with van der Waals surface area (Å²) in [7, 11) is 1.62. The fraction of sp³-hybridized carbons (Fsp3) is 0.300. The van der Waals surface area contributed by atoms with E-state index >= 15 is 0 Å². The number of nitrogens with one attached hydrogen (secondary N) is 1. The lowest BCUT2D eigenvalue weighted by atomic mass is 10.1. The topological polar surface area (TPSA) is 80.1 Å². The second-order valence-corrected chi connectivity index (χ2v) is 7.76. The van der Waals surface area contributed by atoms with E-state index in [0.717, 1.165) is 43.0 Å². The Balaban J connectivity index is 1.38. The van der Waals surface area contributed by atoms with Crippen LogP contribution in [0, 0.1) is 0 Å². The number of aryl methyl sites for hydroxylation is 1. The largest absolute Gasteiger partial charge is 0.332 e. The Morgan fingerprint density at radius 3 is 2.75 bits per heavy atom. The first-order chi connectivity index (χ1) is 13.6. The van der Waals surface area contributed by atoms with E-state index in [4.69, 9.17) is 0 Å². The van der Waals surface area contributed by atoms with Gasteiger partial charge in [0.15, 0.2) is 5.82 Å². The van der Waals surface area contributed by atoms with Crippen molar-refractivity contribution in [1.82, 2.24) is 19.7 Å². The molecule has 0 saturated heterocycles. The third-order valence-electron chi connectivity index (χ3n) is 4.75. The fourth-order valence-electron chi connectivity index (χ4n) is 3.30. The number of hydrogen-bond acceptors (Lipinski definition) is 5. The maximum atomic E-state index is 12.3. The van der Waals surface area contributed by atoms with Crippen LogP contribution in [0.25, 0.3) is 11.4 Å². The van der Waals surface area contributed by atoms with Crippen LogP contribution in [0.1, 0.15) is 28.3 Å². The van der Waals surface area contributed by atoms with Gasteiger partial charge in [0.25, 0.3) is 5.91 Å². The number of rotatable bonds is 5. The number of nitrogens with zero attached hydrogens (tertiary/aromatic N) is 4. The molecule has 2 amide bonds. The Labute approximate surface area is 167 Å². The summed E-state index contributed by atoms with van der Waals surface area (Å²) < 4.78 is 2.17. The molecule has 2 aromatic heterocycles. The highest BCUT2D eigenvalue weighted by molar-refractivity contribution is 7.12. The molecular weight excluding hydrogens is 374 g/mol. The van der Waals surface area contributed by atoms with Gasteiger partial charge in [-0.2, -0.15) is 0 Å². The third-order valence-corrected chi connectivity index (χ3v) is 5.60. The van der Waals surface area contributed by atoms with Crippen molar-refractivity contribution in [1.29, 1.82) is 0 Å². The first-order valence-corrected chi connectivity index (χ1v) is 10.1. The number of carbonyl (C=O) groups excluding carboxylic acids is 2. The number of hydrogen-bond donors (Lipinski definition) is 1. The number of benzene rings is 1. The van der Waals surface area contributed by atoms with Crippen LogP contribution in [0.15, 0.2) is 41.8 Å². The van der Waals surface area contributed by atoms with Crippen LogP contribution in [0.5, 0.6) is 0 Å². The number of carbonyl (C=O) groups is 2. The molecule has 0 spiro atoms. The number of likely N-dealkylation sites (N-methyl/N-ethyl adjacent to an activating group) is 1. The molecule has 28 heavy (non-hydrogen) atoms. The predicted molar refractivity (Wildman–Crippen MR) is 108 cm³/mol. The summed E-state index contributed by atoms with van der Waals surface area (Å²) in [6.07, 6.45) is 3.27. The minimum Gasteiger partial charge on any atom is -0.332 e. The Bertz CT molecular complexity index is 979. The van der Waals surface area contributed by atoms with Gasteiger partial charge >= 0.3 is 0 Å². The number of thiophene rings is 1. The first-order valence-electron chi connectivity index (χ1n) is 9.23. The lowest BCUT2D eigenvalue weighted by molar-refractivity contribution is -0.116. The van der Waals surface area contributed by atoms with E-state index in [2.05, 4.69) is 20.1 Å². The molecule has 4 rings (SSSR count). The quantitative estimate of drug-likeness (QED) is 0.720. The zero-order valence-electron chi connectivity index (χ0n) is 15.6. The van der Waals surface area contributed by atoms with Crippen LogP contribution < -0.4 is 5.32 Å². The molecule has 0 atom stereocenters. The standard InChI is InChI=1S/C20H21N5O2S/c1-24(20(27)16-5-4-12-28-16)13-18(26)21-15-9-7-14(8-10-15)19-23-22-17-6-2-3-11-25(17)19/h4-5,7-10,12H,2-3,6,11,13H2,1H3,(H,21,26). The molecule has 0 unspecified atom stereocenters. The van der Waals surface area contributed by atoms with Crippen LogP contribution in [-0.4, -0.2) is 45.1 Å². The zero-order valence-corrected chi connectivity index (χ0v) is 16.4. The fourth-order valence-corrected chi connectivity index (χ4v) is 4.02. The van der Waals surface area contributed by atoms with Gasteiger partial charge in [-0.25, -0.2) is 0 Å².